The molecule has 0 spiro atoms. The van der Waals surface area contributed by atoms with Gasteiger partial charge in [0.05, 0.1) is 6.10 Å². The average Bonchev–Trinajstić information content (AvgIpc) is 2.28. The fraction of sp³-hybridized carbons (Fsp3) is 0.571. The topological polar surface area (TPSA) is 32.3 Å². The monoisotopic (exact) mass is 253 g/mol. The third-order valence-corrected chi connectivity index (χ3v) is 3.94. The Labute approximate surface area is 108 Å². The number of aliphatic hydroxyl groups is 1. The lowest BCUT2D eigenvalue weighted by Crippen LogP contribution is -2.43. The molecule has 1 atom stereocenters. The zero-order valence-electron chi connectivity index (χ0n) is 10.2. The third kappa shape index (κ3) is 3.21. The molecule has 0 aliphatic heterocycles. The molecule has 1 saturated carbocycles. The van der Waals surface area contributed by atoms with E-state index >= 15 is 0 Å². The van der Waals surface area contributed by atoms with Gasteiger partial charge in [-0.25, -0.2) is 0 Å². The van der Waals surface area contributed by atoms with Crippen LogP contribution in [0.1, 0.15) is 37.7 Å². The number of aliphatic hydroxyl groups excluding tert-OH is 1. The van der Waals surface area contributed by atoms with E-state index in [4.69, 9.17) is 11.6 Å². The van der Waals surface area contributed by atoms with Crippen LogP contribution >= 0.6 is 11.6 Å². The Balaban J connectivity index is 1.77. The molecule has 0 bridgehead atoms. The summed E-state index contributed by atoms with van der Waals surface area (Å²) in [5.74, 6) is 0.583. The third-order valence-electron chi connectivity index (χ3n) is 3.60. The molecule has 2 nitrogen and oxygen atoms in total. The number of nitrogens with one attached hydrogen (secondary N) is 1. The Morgan fingerprint density at radius 2 is 2.12 bits per heavy atom. The van der Waals surface area contributed by atoms with Crippen LogP contribution in [0.5, 0.6) is 0 Å². The van der Waals surface area contributed by atoms with Gasteiger partial charge in [-0.1, -0.05) is 36.7 Å². The molecule has 94 valence electrons. The Kier molecular flexibility index (Phi) is 4.43. The molecule has 1 aliphatic rings. The molecule has 17 heavy (non-hydrogen) atoms. The summed E-state index contributed by atoms with van der Waals surface area (Å²) in [7, 11) is 0. The molecule has 0 saturated heterocycles. The summed E-state index contributed by atoms with van der Waals surface area (Å²) in [6.07, 6.45) is 2.85. The second-order valence-corrected chi connectivity index (χ2v) is 5.26. The lowest BCUT2D eigenvalue weighted by Gasteiger charge is -2.37. The minimum atomic E-state index is -0.214. The van der Waals surface area contributed by atoms with E-state index in [1.165, 1.54) is 5.56 Å². The molecule has 0 radical (unpaired) electrons. The van der Waals surface area contributed by atoms with Gasteiger partial charge in [0.2, 0.25) is 0 Å². The highest BCUT2D eigenvalue weighted by atomic mass is 35.5. The van der Waals surface area contributed by atoms with Gasteiger partial charge in [0, 0.05) is 17.6 Å². The molecule has 2 N–H and O–H groups in total. The maximum atomic E-state index is 9.47. The van der Waals surface area contributed by atoms with E-state index in [-0.39, 0.29) is 6.10 Å². The predicted molar refractivity (Wildman–Crippen MR) is 71.5 cm³/mol. The minimum absolute atomic E-state index is 0.214. The van der Waals surface area contributed by atoms with Crippen molar-refractivity contribution in [2.24, 2.45) is 0 Å². The number of benzene rings is 1. The van der Waals surface area contributed by atoms with E-state index in [1.54, 1.807) is 0 Å². The van der Waals surface area contributed by atoms with Gasteiger partial charge in [0.15, 0.2) is 0 Å². The SMILES string of the molecule is CCC(O)CNC1CC(c2ccccc2Cl)C1. The Morgan fingerprint density at radius 3 is 2.76 bits per heavy atom. The standard InChI is InChI=1S/C14H20ClNO/c1-2-12(17)9-16-11-7-10(8-11)13-5-3-4-6-14(13)15/h3-6,10-12,16-17H,2,7-9H2,1H3. The molecular formula is C14H20ClNO. The normalized spacial score (nSPS) is 25.4. The number of rotatable bonds is 5. The van der Waals surface area contributed by atoms with Crippen molar-refractivity contribution in [2.75, 3.05) is 6.54 Å². The fourth-order valence-corrected chi connectivity index (χ4v) is 2.58. The first-order chi connectivity index (χ1) is 8.20. The summed E-state index contributed by atoms with van der Waals surface area (Å²) >= 11 is 6.17. The van der Waals surface area contributed by atoms with Crippen LogP contribution < -0.4 is 5.32 Å². The van der Waals surface area contributed by atoms with Crippen molar-refractivity contribution in [3.05, 3.63) is 34.9 Å². The summed E-state index contributed by atoms with van der Waals surface area (Å²) in [6.45, 7) is 2.70. The van der Waals surface area contributed by atoms with Crippen LogP contribution in [-0.4, -0.2) is 23.8 Å². The zero-order valence-corrected chi connectivity index (χ0v) is 11.0. The summed E-state index contributed by atoms with van der Waals surface area (Å²) in [4.78, 5) is 0. The summed E-state index contributed by atoms with van der Waals surface area (Å²) < 4.78 is 0. The van der Waals surface area contributed by atoms with Gasteiger partial charge in [-0.15, -0.1) is 0 Å². The second kappa shape index (κ2) is 5.85. The quantitative estimate of drug-likeness (QED) is 0.846. The Hall–Kier alpha value is -0.570. The summed E-state index contributed by atoms with van der Waals surface area (Å²) in [6, 6.07) is 8.63. The lowest BCUT2D eigenvalue weighted by atomic mass is 9.76. The smallest absolute Gasteiger partial charge is 0.0662 e. The van der Waals surface area contributed by atoms with Crippen molar-refractivity contribution >= 4 is 11.6 Å². The molecule has 1 aromatic carbocycles. The highest BCUT2D eigenvalue weighted by Crippen LogP contribution is 2.39. The maximum absolute atomic E-state index is 9.47. The van der Waals surface area contributed by atoms with Crippen LogP contribution in [0.25, 0.3) is 0 Å². The first kappa shape index (κ1) is 12.9. The van der Waals surface area contributed by atoms with E-state index < -0.39 is 0 Å². The van der Waals surface area contributed by atoms with Crippen molar-refractivity contribution in [3.8, 4) is 0 Å². The van der Waals surface area contributed by atoms with Crippen molar-refractivity contribution in [3.63, 3.8) is 0 Å². The van der Waals surface area contributed by atoms with Gasteiger partial charge in [-0.05, 0) is 36.8 Å². The lowest BCUT2D eigenvalue weighted by molar-refractivity contribution is 0.151. The van der Waals surface area contributed by atoms with Gasteiger partial charge < -0.3 is 10.4 Å². The largest absolute Gasteiger partial charge is 0.392 e. The van der Waals surface area contributed by atoms with Gasteiger partial charge in [0.1, 0.15) is 0 Å². The van der Waals surface area contributed by atoms with Gasteiger partial charge >= 0.3 is 0 Å². The van der Waals surface area contributed by atoms with E-state index in [0.29, 0.717) is 18.5 Å². The maximum Gasteiger partial charge on any atom is 0.0662 e. The highest BCUT2D eigenvalue weighted by molar-refractivity contribution is 6.31. The molecule has 2 rings (SSSR count). The van der Waals surface area contributed by atoms with Crippen LogP contribution in [0.4, 0.5) is 0 Å². The number of hydrogen-bond donors (Lipinski definition) is 2. The van der Waals surface area contributed by atoms with E-state index in [9.17, 15) is 5.11 Å². The second-order valence-electron chi connectivity index (χ2n) is 4.86. The first-order valence-corrected chi connectivity index (χ1v) is 6.74. The van der Waals surface area contributed by atoms with Crippen molar-refractivity contribution in [1.82, 2.24) is 5.32 Å². The van der Waals surface area contributed by atoms with Crippen molar-refractivity contribution in [1.29, 1.82) is 0 Å². The minimum Gasteiger partial charge on any atom is -0.392 e. The fourth-order valence-electron chi connectivity index (χ4n) is 2.29. The number of hydrogen-bond acceptors (Lipinski definition) is 2. The zero-order chi connectivity index (χ0) is 12.3. The molecule has 1 aromatic rings. The molecule has 0 amide bonds. The van der Waals surface area contributed by atoms with Crippen LogP contribution in [0.2, 0.25) is 5.02 Å². The molecule has 3 heteroatoms. The van der Waals surface area contributed by atoms with Crippen molar-refractivity contribution in [2.45, 2.75) is 44.2 Å². The Morgan fingerprint density at radius 1 is 1.41 bits per heavy atom. The Bertz CT molecular complexity index is 363. The molecule has 0 aromatic heterocycles. The summed E-state index contributed by atoms with van der Waals surface area (Å²) in [5.41, 5.74) is 1.27. The first-order valence-electron chi connectivity index (χ1n) is 6.36. The molecular weight excluding hydrogens is 234 g/mol. The van der Waals surface area contributed by atoms with Crippen LogP contribution in [-0.2, 0) is 0 Å². The van der Waals surface area contributed by atoms with Crippen LogP contribution in [0, 0.1) is 0 Å². The van der Waals surface area contributed by atoms with Gasteiger partial charge in [0.25, 0.3) is 0 Å². The van der Waals surface area contributed by atoms with Crippen LogP contribution in [0.3, 0.4) is 0 Å². The number of halogens is 1. The van der Waals surface area contributed by atoms with Crippen molar-refractivity contribution < 1.29 is 5.11 Å². The highest BCUT2D eigenvalue weighted by Gasteiger charge is 2.31. The molecule has 1 fully saturated rings. The molecule has 1 aliphatic carbocycles. The van der Waals surface area contributed by atoms with E-state index in [2.05, 4.69) is 11.4 Å². The molecule has 0 heterocycles. The predicted octanol–water partition coefficient (Wildman–Crippen LogP) is 2.95. The van der Waals surface area contributed by atoms with E-state index in [0.717, 1.165) is 24.3 Å². The summed E-state index contributed by atoms with van der Waals surface area (Å²) in [5, 5.41) is 13.7. The average molecular weight is 254 g/mol. The van der Waals surface area contributed by atoms with E-state index in [1.807, 2.05) is 25.1 Å². The van der Waals surface area contributed by atoms with Crippen LogP contribution in [0.15, 0.2) is 24.3 Å². The molecule has 1 unspecified atom stereocenters. The van der Waals surface area contributed by atoms with Gasteiger partial charge in [-0.2, -0.15) is 0 Å². The van der Waals surface area contributed by atoms with Gasteiger partial charge in [-0.3, -0.25) is 0 Å².